The molecule has 5 heteroatoms. The van der Waals surface area contributed by atoms with E-state index in [9.17, 15) is 9.18 Å². The first-order valence-electron chi connectivity index (χ1n) is 8.95. The second-order valence-electron chi connectivity index (χ2n) is 6.91. The average Bonchev–Trinajstić information content (AvgIpc) is 3.05. The lowest BCUT2D eigenvalue weighted by atomic mass is 9.89. The third kappa shape index (κ3) is 3.47. The van der Waals surface area contributed by atoms with Crippen molar-refractivity contribution in [3.8, 4) is 16.9 Å². The Morgan fingerprint density at radius 3 is 2.56 bits per heavy atom. The fourth-order valence-electron chi connectivity index (χ4n) is 3.42. The Labute approximate surface area is 161 Å². The van der Waals surface area contributed by atoms with Crippen molar-refractivity contribution in [3.05, 3.63) is 70.2 Å². The number of halogens is 1. The second kappa shape index (κ2) is 7.16. The molecule has 0 spiro atoms. The van der Waals surface area contributed by atoms with Crippen LogP contribution in [0.1, 0.15) is 36.6 Å². The van der Waals surface area contributed by atoms with Gasteiger partial charge in [0.1, 0.15) is 11.6 Å². The lowest BCUT2D eigenvalue weighted by Crippen LogP contribution is -2.22. The molecular weight excluding hydrogens is 361 g/mol. The number of hydrogen-bond acceptors (Lipinski definition) is 3. The smallest absolute Gasteiger partial charge is 0.225 e. The maximum absolute atomic E-state index is 14.3. The maximum Gasteiger partial charge on any atom is 0.225 e. The zero-order valence-electron chi connectivity index (χ0n) is 15.2. The summed E-state index contributed by atoms with van der Waals surface area (Å²) in [4.78, 5) is 13.4. The van der Waals surface area contributed by atoms with E-state index in [-0.39, 0.29) is 23.7 Å². The zero-order chi connectivity index (χ0) is 19.0. The number of ether oxygens (including phenoxy) is 1. The minimum Gasteiger partial charge on any atom is -0.491 e. The van der Waals surface area contributed by atoms with Gasteiger partial charge in [0, 0.05) is 33.7 Å². The van der Waals surface area contributed by atoms with Crippen LogP contribution in [0.2, 0.25) is 0 Å². The van der Waals surface area contributed by atoms with Crippen molar-refractivity contribution >= 4 is 22.9 Å². The molecule has 2 heterocycles. The van der Waals surface area contributed by atoms with E-state index in [0.717, 1.165) is 27.4 Å². The summed E-state index contributed by atoms with van der Waals surface area (Å²) in [5, 5.41) is 4.88. The van der Waals surface area contributed by atoms with Crippen molar-refractivity contribution in [3.63, 3.8) is 0 Å². The van der Waals surface area contributed by atoms with Crippen molar-refractivity contribution in [2.45, 2.75) is 32.3 Å². The standard InChI is InChI=1S/C22H20FNO2S/c1-13(2)26-15-9-7-14(8-10-15)17-11-20(25)24-21-18(12-27-22(17)21)16-5-3-4-6-19(16)23/h3-10,12-13,17H,11H2,1-2H3,(H,24,25)/t17-/m1/s1. The van der Waals surface area contributed by atoms with Crippen molar-refractivity contribution in [1.29, 1.82) is 0 Å². The summed E-state index contributed by atoms with van der Waals surface area (Å²) in [6.07, 6.45) is 0.498. The minimum absolute atomic E-state index is 0.0348. The van der Waals surface area contributed by atoms with E-state index in [4.69, 9.17) is 4.74 Å². The molecule has 138 valence electrons. The highest BCUT2D eigenvalue weighted by Gasteiger charge is 2.30. The summed E-state index contributed by atoms with van der Waals surface area (Å²) in [5.74, 6) is 0.440. The van der Waals surface area contributed by atoms with Gasteiger partial charge in [0.05, 0.1) is 11.8 Å². The second-order valence-corrected chi connectivity index (χ2v) is 7.82. The van der Waals surface area contributed by atoms with Gasteiger partial charge in [-0.25, -0.2) is 4.39 Å². The molecule has 0 aliphatic carbocycles. The molecule has 0 bridgehead atoms. The largest absolute Gasteiger partial charge is 0.491 e. The van der Waals surface area contributed by atoms with E-state index in [0.29, 0.717) is 12.0 Å². The van der Waals surface area contributed by atoms with Gasteiger partial charge in [-0.3, -0.25) is 4.79 Å². The Bertz CT molecular complexity index is 978. The van der Waals surface area contributed by atoms with Crippen molar-refractivity contribution in [1.82, 2.24) is 0 Å². The molecule has 0 fully saturated rings. The minimum atomic E-state index is -0.287. The number of carbonyl (C=O) groups is 1. The van der Waals surface area contributed by atoms with Gasteiger partial charge in [0.15, 0.2) is 0 Å². The molecule has 1 aliphatic rings. The maximum atomic E-state index is 14.3. The molecule has 0 radical (unpaired) electrons. The monoisotopic (exact) mass is 381 g/mol. The summed E-state index contributed by atoms with van der Waals surface area (Å²) >= 11 is 1.56. The van der Waals surface area contributed by atoms with Crippen LogP contribution in [0.15, 0.2) is 53.9 Å². The predicted molar refractivity (Wildman–Crippen MR) is 107 cm³/mol. The van der Waals surface area contributed by atoms with Crippen LogP contribution >= 0.6 is 11.3 Å². The third-order valence-corrected chi connectivity index (χ3v) is 5.70. The molecular formula is C22H20FNO2S. The fourth-order valence-corrected chi connectivity index (χ4v) is 4.58. The van der Waals surface area contributed by atoms with Crippen LogP contribution in [-0.2, 0) is 4.79 Å². The molecule has 3 nitrogen and oxygen atoms in total. The molecule has 3 aromatic rings. The summed E-state index contributed by atoms with van der Waals surface area (Å²) in [6.45, 7) is 3.98. The highest BCUT2D eigenvalue weighted by molar-refractivity contribution is 7.11. The van der Waals surface area contributed by atoms with E-state index in [1.165, 1.54) is 6.07 Å². The molecule has 4 rings (SSSR count). The molecule has 2 aromatic carbocycles. The number of carbonyl (C=O) groups excluding carboxylic acids is 1. The number of rotatable bonds is 4. The van der Waals surface area contributed by atoms with Crippen LogP contribution in [0.3, 0.4) is 0 Å². The topological polar surface area (TPSA) is 38.3 Å². The molecule has 0 unspecified atom stereocenters. The molecule has 1 aliphatic heterocycles. The molecule has 27 heavy (non-hydrogen) atoms. The zero-order valence-corrected chi connectivity index (χ0v) is 16.0. The molecule has 1 atom stereocenters. The summed E-state index contributed by atoms with van der Waals surface area (Å²) in [5.41, 5.74) is 3.04. The highest BCUT2D eigenvalue weighted by Crippen LogP contribution is 2.47. The molecule has 0 saturated heterocycles. The fraction of sp³-hybridized carbons (Fsp3) is 0.227. The Hall–Kier alpha value is -2.66. The van der Waals surface area contributed by atoms with Gasteiger partial charge in [-0.05, 0) is 37.6 Å². The number of thiophene rings is 1. The number of hydrogen-bond donors (Lipinski definition) is 1. The van der Waals surface area contributed by atoms with Gasteiger partial charge >= 0.3 is 0 Å². The first-order valence-corrected chi connectivity index (χ1v) is 9.83. The number of anilines is 1. The molecule has 1 aromatic heterocycles. The van der Waals surface area contributed by atoms with Gasteiger partial charge < -0.3 is 10.1 Å². The van der Waals surface area contributed by atoms with Crippen molar-refractivity contribution < 1.29 is 13.9 Å². The summed E-state index contributed by atoms with van der Waals surface area (Å²) < 4.78 is 20.0. The Balaban J connectivity index is 1.72. The first-order chi connectivity index (χ1) is 13.0. The molecule has 1 N–H and O–H groups in total. The first kappa shape index (κ1) is 17.7. The summed E-state index contributed by atoms with van der Waals surface area (Å²) in [6, 6.07) is 14.5. The number of nitrogens with one attached hydrogen (secondary N) is 1. The SMILES string of the molecule is CC(C)Oc1ccc([C@H]2CC(=O)Nc3c(-c4ccccc4F)csc32)cc1. The Morgan fingerprint density at radius 1 is 1.11 bits per heavy atom. The quantitative estimate of drug-likeness (QED) is 0.619. The van der Waals surface area contributed by atoms with Gasteiger partial charge in [0.25, 0.3) is 0 Å². The van der Waals surface area contributed by atoms with Gasteiger partial charge in [-0.15, -0.1) is 11.3 Å². The van der Waals surface area contributed by atoms with E-state index >= 15 is 0 Å². The van der Waals surface area contributed by atoms with Crippen LogP contribution < -0.4 is 10.1 Å². The molecule has 0 saturated carbocycles. The van der Waals surface area contributed by atoms with Crippen molar-refractivity contribution in [2.75, 3.05) is 5.32 Å². The van der Waals surface area contributed by atoms with Gasteiger partial charge in [0.2, 0.25) is 5.91 Å². The van der Waals surface area contributed by atoms with E-state index in [2.05, 4.69) is 5.32 Å². The van der Waals surface area contributed by atoms with E-state index in [1.54, 1.807) is 29.5 Å². The van der Waals surface area contributed by atoms with Gasteiger partial charge in [-0.1, -0.05) is 30.3 Å². The van der Waals surface area contributed by atoms with Crippen molar-refractivity contribution in [2.24, 2.45) is 0 Å². The third-order valence-electron chi connectivity index (χ3n) is 4.61. The summed E-state index contributed by atoms with van der Waals surface area (Å²) in [7, 11) is 0. The normalized spacial score (nSPS) is 16.1. The lowest BCUT2D eigenvalue weighted by Gasteiger charge is -2.24. The number of amides is 1. The number of fused-ring (bicyclic) bond motifs is 1. The predicted octanol–water partition coefficient (Wildman–Crippen LogP) is 5.82. The van der Waals surface area contributed by atoms with Crippen LogP contribution in [0, 0.1) is 5.82 Å². The molecule has 1 amide bonds. The lowest BCUT2D eigenvalue weighted by molar-refractivity contribution is -0.116. The van der Waals surface area contributed by atoms with Crippen LogP contribution in [0.4, 0.5) is 10.1 Å². The van der Waals surface area contributed by atoms with Crippen LogP contribution in [0.5, 0.6) is 5.75 Å². The number of benzene rings is 2. The van der Waals surface area contributed by atoms with Gasteiger partial charge in [-0.2, -0.15) is 0 Å². The Morgan fingerprint density at radius 2 is 1.85 bits per heavy atom. The van der Waals surface area contributed by atoms with Crippen LogP contribution in [-0.4, -0.2) is 12.0 Å². The average molecular weight is 381 g/mol. The van der Waals surface area contributed by atoms with Crippen LogP contribution in [0.25, 0.3) is 11.1 Å². The Kier molecular flexibility index (Phi) is 4.70. The van der Waals surface area contributed by atoms with E-state index < -0.39 is 0 Å². The highest BCUT2D eigenvalue weighted by atomic mass is 32.1. The van der Waals surface area contributed by atoms with E-state index in [1.807, 2.05) is 43.5 Å².